The number of unbranched alkanes of at least 4 members (excludes halogenated alkanes) is 1. The molecule has 1 unspecified atom stereocenters. The van der Waals surface area contributed by atoms with E-state index in [4.69, 9.17) is 4.99 Å². The van der Waals surface area contributed by atoms with Crippen LogP contribution in [0.3, 0.4) is 0 Å². The van der Waals surface area contributed by atoms with Gasteiger partial charge in [-0.15, -0.1) is 0 Å². The molecule has 5 aromatic carbocycles. The van der Waals surface area contributed by atoms with E-state index in [2.05, 4.69) is 177 Å². The first-order valence-electron chi connectivity index (χ1n) is 18.2. The molecule has 0 aliphatic heterocycles. The summed E-state index contributed by atoms with van der Waals surface area (Å²) >= 11 is 0. The molecule has 0 aromatic heterocycles. The maximum Gasteiger partial charge on any atom is 0.118 e. The number of nitrogens with zero attached hydrogens (tertiary/aromatic N) is 1. The minimum atomic E-state index is -0.293. The Bertz CT molecular complexity index is 2150. The Morgan fingerprint density at radius 3 is 2.10 bits per heavy atom. The number of nitrogens with one attached hydrogen (secondary N) is 1. The van der Waals surface area contributed by atoms with Crippen molar-refractivity contribution in [3.05, 3.63) is 196 Å². The van der Waals surface area contributed by atoms with Crippen molar-refractivity contribution in [1.82, 2.24) is 5.32 Å². The topological polar surface area (TPSA) is 24.4 Å². The molecule has 0 amide bonds. The van der Waals surface area contributed by atoms with E-state index in [1.165, 1.54) is 61.2 Å². The van der Waals surface area contributed by atoms with E-state index < -0.39 is 0 Å². The van der Waals surface area contributed by atoms with Crippen molar-refractivity contribution in [2.75, 3.05) is 0 Å². The molecule has 50 heavy (non-hydrogen) atoms. The molecule has 0 saturated carbocycles. The summed E-state index contributed by atoms with van der Waals surface area (Å²) in [6.45, 7) is 4.18. The lowest BCUT2D eigenvalue weighted by molar-refractivity contribution is 0.554. The van der Waals surface area contributed by atoms with E-state index in [0.717, 1.165) is 43.4 Å². The Labute approximate surface area is 297 Å². The lowest BCUT2D eigenvalue weighted by Gasteiger charge is -2.33. The Hall–Kier alpha value is -5.47. The highest BCUT2D eigenvalue weighted by molar-refractivity contribution is 5.98. The molecule has 0 fully saturated rings. The van der Waals surface area contributed by atoms with Crippen LogP contribution in [0.5, 0.6) is 0 Å². The van der Waals surface area contributed by atoms with E-state index in [0.29, 0.717) is 0 Å². The van der Waals surface area contributed by atoms with Crippen molar-refractivity contribution in [3.63, 3.8) is 0 Å². The predicted octanol–water partition coefficient (Wildman–Crippen LogP) is 11.8. The van der Waals surface area contributed by atoms with Gasteiger partial charge >= 0.3 is 0 Å². The largest absolute Gasteiger partial charge is 0.364 e. The van der Waals surface area contributed by atoms with Gasteiger partial charge in [0.15, 0.2) is 0 Å². The zero-order valence-corrected chi connectivity index (χ0v) is 29.1. The first-order chi connectivity index (χ1) is 24.7. The molecular formula is C48H44N2. The van der Waals surface area contributed by atoms with Crippen LogP contribution in [0.25, 0.3) is 28.0 Å². The highest BCUT2D eigenvalue weighted by Gasteiger charge is 2.52. The van der Waals surface area contributed by atoms with Gasteiger partial charge in [0.1, 0.15) is 6.17 Å². The van der Waals surface area contributed by atoms with Gasteiger partial charge in [0.2, 0.25) is 0 Å². The number of rotatable bonds is 10. The lowest BCUT2D eigenvalue weighted by Crippen LogP contribution is -2.27. The second kappa shape index (κ2) is 13.8. The fourth-order valence-electron chi connectivity index (χ4n) is 8.51. The standard InChI is InChI=1S/C48H44N2/c1-3-5-6-10-28-47(50-46(4-2)35-19-8-7-9-20-35)49-33-34-18-17-21-36(31-34)37-29-30-41-40-24-13-16-27-44(40)48(45(41)32-37)42-25-14-11-22-38(42)39-23-12-15-26-43(39)48/h3-5,7-9,11-27,31-33,47,50H,6,10,28-30H2,1-2H3/b5-3-,46-4-,49-33+. The minimum Gasteiger partial charge on any atom is -0.364 e. The van der Waals surface area contributed by atoms with Crippen molar-refractivity contribution in [2.24, 2.45) is 4.99 Å². The van der Waals surface area contributed by atoms with Crippen LogP contribution in [0.1, 0.15) is 84.9 Å². The normalized spacial score (nSPS) is 16.4. The smallest absolute Gasteiger partial charge is 0.118 e. The summed E-state index contributed by atoms with van der Waals surface area (Å²) in [7, 11) is 0. The fraction of sp³-hybridized carbons (Fsp3) is 0.188. The van der Waals surface area contributed by atoms with E-state index in [1.54, 1.807) is 0 Å². The van der Waals surface area contributed by atoms with Crippen LogP contribution in [0.2, 0.25) is 0 Å². The average Bonchev–Trinajstić information content (AvgIpc) is 3.65. The number of fused-ring (bicyclic) bond motifs is 9. The maximum atomic E-state index is 5.15. The van der Waals surface area contributed by atoms with Gasteiger partial charge in [-0.2, -0.15) is 0 Å². The van der Waals surface area contributed by atoms with Crippen LogP contribution in [0.15, 0.2) is 162 Å². The second-order valence-corrected chi connectivity index (χ2v) is 13.6. The monoisotopic (exact) mass is 648 g/mol. The summed E-state index contributed by atoms with van der Waals surface area (Å²) in [5, 5.41) is 3.74. The second-order valence-electron chi connectivity index (χ2n) is 13.6. The molecule has 1 atom stereocenters. The number of benzene rings is 5. The predicted molar refractivity (Wildman–Crippen MR) is 212 cm³/mol. The first kappa shape index (κ1) is 31.8. The molecule has 0 bridgehead atoms. The van der Waals surface area contributed by atoms with Crippen LogP contribution in [-0.2, 0) is 5.41 Å². The number of allylic oxidation sites excluding steroid dienone is 7. The number of aliphatic imine (C=N–C) groups is 1. The van der Waals surface area contributed by atoms with Gasteiger partial charge in [0.25, 0.3) is 0 Å². The molecule has 0 saturated heterocycles. The summed E-state index contributed by atoms with van der Waals surface area (Å²) in [5.74, 6) is 0. The summed E-state index contributed by atoms with van der Waals surface area (Å²) in [5.41, 5.74) is 17.1. The zero-order valence-electron chi connectivity index (χ0n) is 29.1. The van der Waals surface area contributed by atoms with Gasteiger partial charge in [0.05, 0.1) is 5.41 Å². The third-order valence-electron chi connectivity index (χ3n) is 10.7. The third-order valence-corrected chi connectivity index (χ3v) is 10.7. The quantitative estimate of drug-likeness (QED) is 0.0909. The fourth-order valence-corrected chi connectivity index (χ4v) is 8.51. The summed E-state index contributed by atoms with van der Waals surface area (Å²) in [6, 6.07) is 46.8. The minimum absolute atomic E-state index is 0.0173. The Kier molecular flexibility index (Phi) is 8.77. The average molecular weight is 649 g/mol. The molecule has 3 aliphatic rings. The van der Waals surface area contributed by atoms with Crippen molar-refractivity contribution in [1.29, 1.82) is 0 Å². The Balaban J connectivity index is 1.14. The summed E-state index contributed by atoms with van der Waals surface area (Å²) in [6.07, 6.45) is 16.3. The maximum absolute atomic E-state index is 5.15. The van der Waals surface area contributed by atoms with Crippen LogP contribution in [-0.4, -0.2) is 12.4 Å². The van der Waals surface area contributed by atoms with E-state index in [-0.39, 0.29) is 11.6 Å². The molecule has 246 valence electrons. The molecule has 3 aliphatic carbocycles. The molecule has 0 radical (unpaired) electrons. The lowest BCUT2D eigenvalue weighted by atomic mass is 9.68. The van der Waals surface area contributed by atoms with Crippen molar-refractivity contribution in [2.45, 2.75) is 57.5 Å². The van der Waals surface area contributed by atoms with Crippen LogP contribution < -0.4 is 5.32 Å². The molecule has 0 heterocycles. The van der Waals surface area contributed by atoms with Crippen LogP contribution in [0, 0.1) is 0 Å². The third kappa shape index (κ3) is 5.50. The van der Waals surface area contributed by atoms with E-state index in [1.807, 2.05) is 0 Å². The SMILES string of the molecule is C/C=C\CCCC(/N=C/c1cccc(C2=CC3=C(CC2)c2ccccc2C32c3ccccc3-c3ccccc32)c1)N/C(=C\C)c1ccccc1. The van der Waals surface area contributed by atoms with Gasteiger partial charge in [-0.1, -0.05) is 146 Å². The molecule has 5 aromatic rings. The summed E-state index contributed by atoms with van der Waals surface area (Å²) < 4.78 is 0. The number of hydrogen-bond acceptors (Lipinski definition) is 2. The molecule has 2 heteroatoms. The summed E-state index contributed by atoms with van der Waals surface area (Å²) in [4.78, 5) is 5.15. The highest BCUT2D eigenvalue weighted by atomic mass is 15.1. The van der Waals surface area contributed by atoms with Gasteiger partial charge in [0, 0.05) is 11.9 Å². The zero-order chi connectivity index (χ0) is 33.9. The number of hydrogen-bond donors (Lipinski definition) is 1. The molecule has 1 N–H and O–H groups in total. The van der Waals surface area contributed by atoms with Crippen LogP contribution >= 0.6 is 0 Å². The molecule has 8 rings (SSSR count). The Morgan fingerprint density at radius 1 is 0.740 bits per heavy atom. The van der Waals surface area contributed by atoms with Gasteiger partial charge in [-0.3, -0.25) is 4.99 Å². The van der Waals surface area contributed by atoms with E-state index >= 15 is 0 Å². The van der Waals surface area contributed by atoms with Gasteiger partial charge in [-0.25, -0.2) is 0 Å². The van der Waals surface area contributed by atoms with Crippen molar-refractivity contribution in [3.8, 4) is 11.1 Å². The molecular weight excluding hydrogens is 605 g/mol. The first-order valence-corrected chi connectivity index (χ1v) is 18.2. The van der Waals surface area contributed by atoms with Crippen LogP contribution in [0.4, 0.5) is 0 Å². The molecule has 1 spiro atoms. The molecule has 2 nitrogen and oxygen atoms in total. The van der Waals surface area contributed by atoms with E-state index in [9.17, 15) is 0 Å². The highest BCUT2D eigenvalue weighted by Crippen LogP contribution is 2.63. The van der Waals surface area contributed by atoms with Crippen molar-refractivity contribution < 1.29 is 0 Å². The Morgan fingerprint density at radius 2 is 1.40 bits per heavy atom. The van der Waals surface area contributed by atoms with Gasteiger partial charge in [-0.05, 0) is 119 Å². The van der Waals surface area contributed by atoms with Crippen molar-refractivity contribution >= 4 is 23.1 Å². The van der Waals surface area contributed by atoms with Gasteiger partial charge < -0.3 is 5.32 Å².